The Morgan fingerprint density at radius 1 is 1.43 bits per heavy atom. The number of anilines is 2. The molecule has 0 saturated heterocycles. The number of primary amides is 1. The molecule has 0 bridgehead atoms. The van der Waals surface area contributed by atoms with Crippen molar-refractivity contribution in [1.82, 2.24) is 5.32 Å². The van der Waals surface area contributed by atoms with Crippen molar-refractivity contribution in [1.29, 1.82) is 0 Å². The van der Waals surface area contributed by atoms with Gasteiger partial charge >= 0.3 is 6.03 Å². The Hall–Kier alpha value is -2.77. The van der Waals surface area contributed by atoms with Crippen molar-refractivity contribution in [3.8, 4) is 5.75 Å². The van der Waals surface area contributed by atoms with Gasteiger partial charge in [0.2, 0.25) is 5.91 Å². The molecule has 0 radical (unpaired) electrons. The molecule has 2 atom stereocenters. The molecule has 1 aliphatic heterocycles. The number of benzene rings is 1. The number of nitrogens with one attached hydrogen (secondary N) is 3. The molecule has 0 aromatic heterocycles. The summed E-state index contributed by atoms with van der Waals surface area (Å²) in [7, 11) is 0. The first kappa shape index (κ1) is 16.6. The van der Waals surface area contributed by atoms with Gasteiger partial charge in [0.05, 0.1) is 5.69 Å². The van der Waals surface area contributed by atoms with Gasteiger partial charge < -0.3 is 26.4 Å². The third kappa shape index (κ3) is 4.12. The molecular weight excluding hydrogens is 300 g/mol. The largest absolute Gasteiger partial charge is 0.482 e. The SMILES string of the molecule is CC[C@H](C)[C@@H](NC(N)=O)C(=O)Nc1ccc2c(c1)NC(=O)CO2. The number of carbonyl (C=O) groups is 3. The van der Waals surface area contributed by atoms with E-state index in [2.05, 4.69) is 16.0 Å². The molecule has 1 aliphatic rings. The lowest BCUT2D eigenvalue weighted by Gasteiger charge is -2.23. The summed E-state index contributed by atoms with van der Waals surface area (Å²) >= 11 is 0. The molecule has 4 amide bonds. The normalized spacial score (nSPS) is 15.5. The van der Waals surface area contributed by atoms with Crippen LogP contribution in [0.3, 0.4) is 0 Å². The molecule has 1 aromatic rings. The molecule has 1 heterocycles. The van der Waals surface area contributed by atoms with Gasteiger partial charge in [-0.1, -0.05) is 20.3 Å². The van der Waals surface area contributed by atoms with Gasteiger partial charge in [-0.2, -0.15) is 0 Å². The van der Waals surface area contributed by atoms with Crippen LogP contribution in [0.25, 0.3) is 0 Å². The second-order valence-corrected chi connectivity index (χ2v) is 5.41. The molecule has 0 aliphatic carbocycles. The molecule has 23 heavy (non-hydrogen) atoms. The van der Waals surface area contributed by atoms with Crippen molar-refractivity contribution < 1.29 is 19.1 Å². The van der Waals surface area contributed by atoms with Crippen molar-refractivity contribution in [3.63, 3.8) is 0 Å². The Bertz CT molecular complexity index is 632. The minimum absolute atomic E-state index is 0.0304. The molecule has 0 unspecified atom stereocenters. The van der Waals surface area contributed by atoms with E-state index in [9.17, 15) is 14.4 Å². The highest BCUT2D eigenvalue weighted by atomic mass is 16.5. The van der Waals surface area contributed by atoms with Crippen LogP contribution in [-0.2, 0) is 9.59 Å². The second kappa shape index (κ2) is 6.99. The van der Waals surface area contributed by atoms with Gasteiger partial charge in [-0.05, 0) is 24.1 Å². The lowest BCUT2D eigenvalue weighted by Crippen LogP contribution is -2.49. The molecule has 8 nitrogen and oxygen atoms in total. The van der Waals surface area contributed by atoms with Gasteiger partial charge in [-0.3, -0.25) is 9.59 Å². The van der Waals surface area contributed by atoms with E-state index in [1.54, 1.807) is 18.2 Å². The fraction of sp³-hybridized carbons (Fsp3) is 0.400. The Morgan fingerprint density at radius 2 is 2.17 bits per heavy atom. The fourth-order valence-corrected chi connectivity index (χ4v) is 2.24. The van der Waals surface area contributed by atoms with Crippen LogP contribution in [0.2, 0.25) is 0 Å². The summed E-state index contributed by atoms with van der Waals surface area (Å²) < 4.78 is 5.25. The number of nitrogens with two attached hydrogens (primary N) is 1. The second-order valence-electron chi connectivity index (χ2n) is 5.41. The predicted octanol–water partition coefficient (Wildman–Crippen LogP) is 1.04. The van der Waals surface area contributed by atoms with Crippen LogP contribution in [0.5, 0.6) is 5.75 Å². The molecular formula is C15H20N4O4. The topological polar surface area (TPSA) is 123 Å². The number of hydrogen-bond donors (Lipinski definition) is 4. The zero-order valence-corrected chi connectivity index (χ0v) is 13.0. The van der Waals surface area contributed by atoms with Crippen LogP contribution < -0.4 is 26.4 Å². The molecule has 8 heteroatoms. The van der Waals surface area contributed by atoms with Gasteiger partial charge in [-0.15, -0.1) is 0 Å². The number of rotatable bonds is 5. The highest BCUT2D eigenvalue weighted by molar-refractivity contribution is 5.99. The molecule has 5 N–H and O–H groups in total. The number of hydrogen-bond acceptors (Lipinski definition) is 4. The van der Waals surface area contributed by atoms with E-state index in [4.69, 9.17) is 10.5 Å². The molecule has 1 aromatic carbocycles. The Kier molecular flexibility index (Phi) is 5.05. The van der Waals surface area contributed by atoms with Gasteiger partial charge in [-0.25, -0.2) is 4.79 Å². The summed E-state index contributed by atoms with van der Waals surface area (Å²) in [6.07, 6.45) is 0.701. The number of carbonyl (C=O) groups excluding carboxylic acids is 3. The average molecular weight is 320 g/mol. The summed E-state index contributed by atoms with van der Waals surface area (Å²) in [6.45, 7) is 3.73. The summed E-state index contributed by atoms with van der Waals surface area (Å²) in [5, 5.41) is 7.83. The number of ether oxygens (including phenoxy) is 1. The van der Waals surface area contributed by atoms with E-state index in [1.165, 1.54) is 0 Å². The maximum absolute atomic E-state index is 12.4. The number of fused-ring (bicyclic) bond motifs is 1. The first-order valence-electron chi connectivity index (χ1n) is 7.34. The van der Waals surface area contributed by atoms with Gasteiger partial charge in [0.15, 0.2) is 6.61 Å². The highest BCUT2D eigenvalue weighted by Crippen LogP contribution is 2.30. The summed E-state index contributed by atoms with van der Waals surface area (Å²) in [6, 6.07) is 3.43. The van der Waals surface area contributed by atoms with Crippen LogP contribution in [0.15, 0.2) is 18.2 Å². The molecule has 124 valence electrons. The molecule has 0 saturated carbocycles. The maximum atomic E-state index is 12.4. The van der Waals surface area contributed by atoms with Crippen LogP contribution in [0.4, 0.5) is 16.2 Å². The van der Waals surface area contributed by atoms with E-state index in [0.717, 1.165) is 0 Å². The molecule has 2 rings (SSSR count). The van der Waals surface area contributed by atoms with Gasteiger partial charge in [0.25, 0.3) is 5.91 Å². The Balaban J connectivity index is 2.13. The lowest BCUT2D eigenvalue weighted by atomic mass is 9.98. The monoisotopic (exact) mass is 320 g/mol. The predicted molar refractivity (Wildman–Crippen MR) is 85.2 cm³/mol. The van der Waals surface area contributed by atoms with E-state index in [-0.39, 0.29) is 24.3 Å². The standard InChI is InChI=1S/C15H20N4O4/c1-3-8(2)13(19-15(16)22)14(21)17-9-4-5-11-10(6-9)18-12(20)7-23-11/h4-6,8,13H,3,7H2,1-2H3,(H,17,21)(H,18,20)(H3,16,19,22)/t8-,13+/m0/s1. The summed E-state index contributed by atoms with van der Waals surface area (Å²) in [4.78, 5) is 34.8. The van der Waals surface area contributed by atoms with Crippen molar-refractivity contribution in [2.75, 3.05) is 17.2 Å². The minimum atomic E-state index is -0.753. The van der Waals surface area contributed by atoms with Gasteiger partial charge in [0, 0.05) is 5.69 Å². The summed E-state index contributed by atoms with van der Waals surface area (Å²) in [5.74, 6) is -0.172. The number of amides is 4. The van der Waals surface area contributed by atoms with E-state index < -0.39 is 12.1 Å². The van der Waals surface area contributed by atoms with Crippen molar-refractivity contribution in [2.45, 2.75) is 26.3 Å². The lowest BCUT2D eigenvalue weighted by molar-refractivity contribution is -0.119. The third-order valence-corrected chi connectivity index (χ3v) is 3.67. The Labute approximate surface area is 133 Å². The van der Waals surface area contributed by atoms with Crippen LogP contribution in [-0.4, -0.2) is 30.5 Å². The summed E-state index contributed by atoms with van der Waals surface area (Å²) in [5.41, 5.74) is 6.10. The van der Waals surface area contributed by atoms with Crippen molar-refractivity contribution >= 4 is 29.2 Å². The highest BCUT2D eigenvalue weighted by Gasteiger charge is 2.25. The molecule has 0 spiro atoms. The minimum Gasteiger partial charge on any atom is -0.482 e. The first-order chi connectivity index (χ1) is 10.9. The van der Waals surface area contributed by atoms with Crippen molar-refractivity contribution in [3.05, 3.63) is 18.2 Å². The van der Waals surface area contributed by atoms with Crippen LogP contribution in [0.1, 0.15) is 20.3 Å². The van der Waals surface area contributed by atoms with E-state index in [0.29, 0.717) is 23.5 Å². The van der Waals surface area contributed by atoms with Crippen molar-refractivity contribution in [2.24, 2.45) is 11.7 Å². The maximum Gasteiger partial charge on any atom is 0.312 e. The van der Waals surface area contributed by atoms with Crippen LogP contribution in [0, 0.1) is 5.92 Å². The number of urea groups is 1. The first-order valence-corrected chi connectivity index (χ1v) is 7.34. The zero-order valence-electron chi connectivity index (χ0n) is 13.0. The third-order valence-electron chi connectivity index (χ3n) is 3.67. The van der Waals surface area contributed by atoms with Crippen LogP contribution >= 0.6 is 0 Å². The smallest absolute Gasteiger partial charge is 0.312 e. The average Bonchev–Trinajstić information content (AvgIpc) is 2.51. The molecule has 0 fully saturated rings. The fourth-order valence-electron chi connectivity index (χ4n) is 2.24. The Morgan fingerprint density at radius 3 is 2.83 bits per heavy atom. The van der Waals surface area contributed by atoms with Gasteiger partial charge in [0.1, 0.15) is 11.8 Å². The van der Waals surface area contributed by atoms with E-state index in [1.807, 2.05) is 13.8 Å². The quantitative estimate of drug-likeness (QED) is 0.647. The van der Waals surface area contributed by atoms with E-state index >= 15 is 0 Å². The zero-order chi connectivity index (χ0) is 17.0.